The van der Waals surface area contributed by atoms with Gasteiger partial charge < -0.3 is 10.0 Å². The lowest BCUT2D eigenvalue weighted by Gasteiger charge is -2.22. The van der Waals surface area contributed by atoms with E-state index in [1.54, 1.807) is 0 Å². The van der Waals surface area contributed by atoms with Crippen LogP contribution in [0.3, 0.4) is 0 Å². The Balaban J connectivity index is 2.47. The van der Waals surface area contributed by atoms with Crippen molar-refractivity contribution in [1.82, 2.24) is 4.90 Å². The Kier molecular flexibility index (Phi) is 5.20. The van der Waals surface area contributed by atoms with Gasteiger partial charge in [-0.25, -0.2) is 13.2 Å². The van der Waals surface area contributed by atoms with Crippen LogP contribution in [-0.2, 0) is 25.6 Å². The summed E-state index contributed by atoms with van der Waals surface area (Å²) in [6.45, 7) is -1.19. The molecule has 1 fully saturated rings. The molecule has 1 saturated heterocycles. The second-order valence-corrected chi connectivity index (χ2v) is 7.90. The number of sulfone groups is 1. The molecule has 2 rings (SSSR count). The van der Waals surface area contributed by atoms with Gasteiger partial charge in [-0.05, 0) is 18.6 Å². The monoisotopic (exact) mass is 419 g/mol. The standard InChI is InChI=1S/C14H11F6NO5S/c15-13(16,17)8-3-1-2-4-10(8)27(25,26)7-5-9(11(22)23)21(6-7)12(24)14(18,19)20/h1-4,7,9H,5-6H2,(H,22,23)/t7-,9+/m1/s1. The molecule has 0 saturated carbocycles. The van der Waals surface area contributed by atoms with E-state index in [-0.39, 0.29) is 4.90 Å². The molecule has 27 heavy (non-hydrogen) atoms. The Labute approximate surface area is 148 Å². The van der Waals surface area contributed by atoms with Crippen LogP contribution >= 0.6 is 0 Å². The number of carbonyl (C=O) groups is 2. The number of carbonyl (C=O) groups excluding carboxylic acids is 1. The lowest BCUT2D eigenvalue weighted by atomic mass is 10.2. The minimum absolute atomic E-state index is 0.194. The topological polar surface area (TPSA) is 91.8 Å². The molecule has 0 unspecified atom stereocenters. The van der Waals surface area contributed by atoms with Crippen molar-refractivity contribution in [3.8, 4) is 0 Å². The van der Waals surface area contributed by atoms with Crippen LogP contribution in [0, 0.1) is 0 Å². The van der Waals surface area contributed by atoms with Crippen LogP contribution in [-0.4, -0.2) is 54.3 Å². The highest BCUT2D eigenvalue weighted by Crippen LogP contribution is 2.38. The SMILES string of the molecule is O=C(O)[C@@H]1C[C@@H](S(=O)(=O)c2ccccc2C(F)(F)F)CN1C(=O)C(F)(F)F. The van der Waals surface area contributed by atoms with Crippen LogP contribution < -0.4 is 0 Å². The Morgan fingerprint density at radius 3 is 2.11 bits per heavy atom. The van der Waals surface area contributed by atoms with E-state index in [1.165, 1.54) is 0 Å². The maximum Gasteiger partial charge on any atom is 0.471 e. The highest BCUT2D eigenvalue weighted by atomic mass is 32.2. The molecule has 0 aliphatic carbocycles. The zero-order chi connectivity index (χ0) is 20.8. The van der Waals surface area contributed by atoms with E-state index in [2.05, 4.69) is 0 Å². The number of carboxylic acid groups (broad SMARTS) is 1. The average Bonchev–Trinajstić information content (AvgIpc) is 2.98. The molecule has 13 heteroatoms. The maximum atomic E-state index is 13.1. The summed E-state index contributed by atoms with van der Waals surface area (Å²) >= 11 is 0. The highest BCUT2D eigenvalue weighted by Gasteiger charge is 2.53. The summed E-state index contributed by atoms with van der Waals surface area (Å²) in [7, 11) is -4.88. The molecule has 1 heterocycles. The number of halogens is 6. The molecule has 1 aromatic carbocycles. The van der Waals surface area contributed by atoms with Crippen molar-refractivity contribution in [2.45, 2.75) is 35.0 Å². The summed E-state index contributed by atoms with van der Waals surface area (Å²) in [6.07, 6.45) is -11.5. The molecule has 1 aliphatic rings. The summed E-state index contributed by atoms with van der Waals surface area (Å²) in [6, 6.07) is 0.898. The maximum absolute atomic E-state index is 13.1. The van der Waals surface area contributed by atoms with Gasteiger partial charge in [-0.1, -0.05) is 12.1 Å². The summed E-state index contributed by atoms with van der Waals surface area (Å²) in [5, 5.41) is 7.06. The molecule has 6 nitrogen and oxygen atoms in total. The molecule has 0 spiro atoms. The first-order valence-corrected chi connectivity index (χ1v) is 8.72. The van der Waals surface area contributed by atoms with Crippen molar-refractivity contribution in [3.05, 3.63) is 29.8 Å². The van der Waals surface area contributed by atoms with Crippen molar-refractivity contribution < 1.29 is 49.5 Å². The van der Waals surface area contributed by atoms with Crippen molar-refractivity contribution in [1.29, 1.82) is 0 Å². The number of likely N-dealkylation sites (tertiary alicyclic amines) is 1. The number of carboxylic acids is 1. The van der Waals surface area contributed by atoms with Crippen LogP contribution in [0.4, 0.5) is 26.3 Å². The van der Waals surface area contributed by atoms with Gasteiger partial charge in [-0.15, -0.1) is 0 Å². The molecule has 0 radical (unpaired) electrons. The lowest BCUT2D eigenvalue weighted by Crippen LogP contribution is -2.47. The van der Waals surface area contributed by atoms with E-state index in [0.29, 0.717) is 12.1 Å². The van der Waals surface area contributed by atoms with E-state index >= 15 is 0 Å². The first-order valence-electron chi connectivity index (χ1n) is 7.18. The van der Waals surface area contributed by atoms with Crippen molar-refractivity contribution in [2.75, 3.05) is 6.54 Å². The van der Waals surface area contributed by atoms with Gasteiger partial charge in [0.2, 0.25) is 0 Å². The lowest BCUT2D eigenvalue weighted by molar-refractivity contribution is -0.187. The number of hydrogen-bond acceptors (Lipinski definition) is 4. The molecule has 1 N–H and O–H groups in total. The number of hydrogen-bond donors (Lipinski definition) is 1. The minimum Gasteiger partial charge on any atom is -0.480 e. The third-order valence-electron chi connectivity index (χ3n) is 3.99. The molecular weight excluding hydrogens is 408 g/mol. The van der Waals surface area contributed by atoms with Gasteiger partial charge in [0.15, 0.2) is 9.84 Å². The summed E-state index contributed by atoms with van der Waals surface area (Å²) < 4.78 is 102. The molecule has 1 aromatic rings. The summed E-state index contributed by atoms with van der Waals surface area (Å²) in [5.74, 6) is -4.47. The number of nitrogens with zero attached hydrogens (tertiary/aromatic N) is 1. The van der Waals surface area contributed by atoms with Gasteiger partial charge >= 0.3 is 24.2 Å². The smallest absolute Gasteiger partial charge is 0.471 e. The van der Waals surface area contributed by atoms with Gasteiger partial charge in [0, 0.05) is 6.54 Å². The Morgan fingerprint density at radius 2 is 1.63 bits per heavy atom. The van der Waals surface area contributed by atoms with Gasteiger partial charge in [0.1, 0.15) is 6.04 Å². The molecular formula is C14H11F6NO5S. The Hall–Kier alpha value is -2.31. The molecule has 2 atom stereocenters. The van der Waals surface area contributed by atoms with Crippen LogP contribution in [0.1, 0.15) is 12.0 Å². The van der Waals surface area contributed by atoms with E-state index in [9.17, 15) is 44.3 Å². The molecule has 0 aromatic heterocycles. The first kappa shape index (κ1) is 21.0. The van der Waals surface area contributed by atoms with Gasteiger partial charge in [0.25, 0.3) is 0 Å². The van der Waals surface area contributed by atoms with Gasteiger partial charge in [0.05, 0.1) is 15.7 Å². The highest BCUT2D eigenvalue weighted by molar-refractivity contribution is 7.92. The van der Waals surface area contributed by atoms with Gasteiger partial charge in [-0.2, -0.15) is 26.3 Å². The van der Waals surface area contributed by atoms with Crippen molar-refractivity contribution in [3.63, 3.8) is 0 Å². The zero-order valence-electron chi connectivity index (χ0n) is 13.1. The minimum atomic E-state index is -5.46. The number of rotatable bonds is 3. The molecule has 1 aliphatic heterocycles. The normalized spacial score (nSPS) is 21.3. The Bertz CT molecular complexity index is 863. The Morgan fingerprint density at radius 1 is 1.07 bits per heavy atom. The number of aliphatic carboxylic acids is 1. The predicted molar refractivity (Wildman–Crippen MR) is 76.2 cm³/mol. The predicted octanol–water partition coefficient (Wildman–Crippen LogP) is 2.10. The van der Waals surface area contributed by atoms with Crippen molar-refractivity contribution in [2.24, 2.45) is 0 Å². The number of alkyl halides is 6. The fourth-order valence-corrected chi connectivity index (χ4v) is 4.68. The quantitative estimate of drug-likeness (QED) is 0.758. The van der Waals surface area contributed by atoms with E-state index < -0.39 is 68.8 Å². The van der Waals surface area contributed by atoms with Crippen LogP contribution in [0.15, 0.2) is 29.2 Å². The molecule has 0 bridgehead atoms. The van der Waals surface area contributed by atoms with Crippen LogP contribution in [0.2, 0.25) is 0 Å². The molecule has 1 amide bonds. The van der Waals surface area contributed by atoms with Gasteiger partial charge in [-0.3, -0.25) is 4.79 Å². The van der Waals surface area contributed by atoms with E-state index in [0.717, 1.165) is 12.1 Å². The fourth-order valence-electron chi connectivity index (χ4n) is 2.77. The van der Waals surface area contributed by atoms with Crippen molar-refractivity contribution >= 4 is 21.7 Å². The number of amides is 1. The first-order chi connectivity index (χ1) is 12.2. The van der Waals surface area contributed by atoms with E-state index in [1.807, 2.05) is 0 Å². The summed E-state index contributed by atoms with van der Waals surface area (Å²) in [5.41, 5.74) is -1.53. The fraction of sp³-hybridized carbons (Fsp3) is 0.429. The zero-order valence-corrected chi connectivity index (χ0v) is 13.9. The largest absolute Gasteiger partial charge is 0.480 e. The number of benzene rings is 1. The average molecular weight is 419 g/mol. The second-order valence-electron chi connectivity index (χ2n) is 5.71. The third-order valence-corrected chi connectivity index (χ3v) is 6.18. The third kappa shape index (κ3) is 4.01. The molecule has 150 valence electrons. The van der Waals surface area contributed by atoms with Crippen LogP contribution in [0.5, 0.6) is 0 Å². The van der Waals surface area contributed by atoms with Crippen LogP contribution in [0.25, 0.3) is 0 Å². The second kappa shape index (κ2) is 6.69. The van der Waals surface area contributed by atoms with E-state index in [4.69, 9.17) is 5.11 Å². The summed E-state index contributed by atoms with van der Waals surface area (Å²) in [4.78, 5) is 21.1.